The Hall–Kier alpha value is -4.20. The van der Waals surface area contributed by atoms with Crippen LogP contribution in [-0.4, -0.2) is 165 Å². The van der Waals surface area contributed by atoms with E-state index in [2.05, 4.69) is 121 Å². The topological polar surface area (TPSA) is 273 Å². The Bertz CT molecular complexity index is 2560. The van der Waals surface area contributed by atoms with Gasteiger partial charge in [-0.05, 0) is 134 Å². The predicted molar refractivity (Wildman–Crippen MR) is 644 cm³/mol. The van der Waals surface area contributed by atoms with E-state index < -0.39 is 6.16 Å². The Morgan fingerprint density at radius 2 is 0.628 bits per heavy atom. The molecule has 145 heavy (non-hydrogen) atoms. The van der Waals surface area contributed by atoms with Gasteiger partial charge in [0.25, 0.3) is 0 Å². The molecule has 0 fully saturated rings. The maximum Gasteiger partial charge on any atom is 0.507 e. The number of hydrogen-bond acceptors (Lipinski definition) is 21. The Kier molecular flexibility index (Phi) is 177. The minimum atomic E-state index is -0.575. The third kappa shape index (κ3) is 191. The largest absolute Gasteiger partial charge is 0.507 e. The van der Waals surface area contributed by atoms with Crippen LogP contribution in [0.15, 0.2) is 0 Å². The number of thioether (sulfide) groups is 1. The standard InChI is InChI=1S/C14H26O2.C12H23NO2.C10H21NO2.C10H21NO.C10H20O3.C10H20O2S.C9H19NO.C9H16O2.C9H18O.C9H20S2.C9H20S.C9H18S/c1-4-5-6-7-8-9-10-14(13(3)16)11-12(2)15;1-4-5-6-7-8-9-10-13(11(2)14)12(3)15;1-3-4-5-6-7-8-9-11-10(12)13-2;1-3-4-5-6-7-8-9-11-10(2)12;1-3-4-5-6-7-8-9-13-10(11)12-2;1-3-4-5-6-7-8-9-12-10(13)11-2;1-3-4-5-6-7-8-9(11)10-2;1-3-4-5-6-7-9(11)8(2)10;1-3-4-5-6-7-8-9(2)10;1-3-4-5-6-7-8-9-11-10-2;1-3-4-5-6-7-8-9-10-2;1-3-4-5-6-7-8-9(2)10/h14H,4-11H2,1-3H3;4-10H2,1-3H3;3-9H2,1-2H3,(H,11,12);3-9H2,1-2H3,(H,11,12);2*3-9H2,1-2H3;3-8H2,1-2H3,(H,10,11);3-7H2,1-2H3;3-8H2,1-2H3;3-9H2,1-2H3;3-9H2,1-2H3;3-8H2,1-2H3. The van der Waals surface area contributed by atoms with Crippen LogP contribution in [0.25, 0.3) is 0 Å². The summed E-state index contributed by atoms with van der Waals surface area (Å²) in [6, 6.07) is 0. The molecule has 0 saturated carbocycles. The van der Waals surface area contributed by atoms with E-state index in [4.69, 9.17) is 38.6 Å². The Labute approximate surface area is 921 Å². The van der Waals surface area contributed by atoms with Crippen LogP contribution in [0.4, 0.5) is 9.59 Å². The van der Waals surface area contributed by atoms with Crippen molar-refractivity contribution in [3.63, 3.8) is 0 Å². The number of methoxy groups -OCH3 is 3. The van der Waals surface area contributed by atoms with Crippen molar-refractivity contribution in [3.8, 4) is 0 Å². The molecule has 0 radical (unpaired) electrons. The van der Waals surface area contributed by atoms with Crippen LogP contribution >= 0.6 is 57.8 Å². The van der Waals surface area contributed by atoms with Crippen LogP contribution in [-0.2, 0) is 66.8 Å². The number of nitrogens with one attached hydrogen (secondary N) is 3. The summed E-state index contributed by atoms with van der Waals surface area (Å²) in [6.07, 6.45) is 92.6. The first-order valence-electron chi connectivity index (χ1n) is 58.9. The number of amides is 5. The van der Waals surface area contributed by atoms with E-state index in [9.17, 15) is 52.7 Å². The molecule has 0 bridgehead atoms. The summed E-state index contributed by atoms with van der Waals surface area (Å²) in [7, 11) is 9.80. The Balaban J connectivity index is -0.000000133. The normalized spacial score (nSPS) is 10.1. The van der Waals surface area contributed by atoms with Crippen LogP contribution in [0.2, 0.25) is 0 Å². The quantitative estimate of drug-likeness (QED) is 0.0168. The van der Waals surface area contributed by atoms with Gasteiger partial charge in [0.1, 0.15) is 17.3 Å². The summed E-state index contributed by atoms with van der Waals surface area (Å²) < 4.78 is 23.3. The average molecular weight is 2160 g/mol. The first kappa shape index (κ1) is 166. The number of hydrogen-bond donors (Lipinski definition) is 3. The van der Waals surface area contributed by atoms with Crippen molar-refractivity contribution in [1.82, 2.24) is 20.9 Å². The molecule has 0 aliphatic carbocycles. The van der Waals surface area contributed by atoms with E-state index in [-0.39, 0.29) is 64.0 Å². The molecular weight excluding hydrogens is 1910 g/mol. The second-order valence-corrected chi connectivity index (χ2v) is 42.9. The molecule has 0 aliphatic heterocycles. The summed E-state index contributed by atoms with van der Waals surface area (Å²) in [5.74, 6) is 2.74. The van der Waals surface area contributed by atoms with Gasteiger partial charge in [-0.2, -0.15) is 11.8 Å². The van der Waals surface area contributed by atoms with Crippen LogP contribution in [0.3, 0.4) is 0 Å². The fourth-order valence-corrected chi connectivity index (χ4v) is 16.1. The highest BCUT2D eigenvalue weighted by atomic mass is 33.1. The lowest BCUT2D eigenvalue weighted by Gasteiger charge is -2.16. The van der Waals surface area contributed by atoms with Gasteiger partial charge in [-0.3, -0.25) is 38.5 Å². The monoisotopic (exact) mass is 2160 g/mol. The highest BCUT2D eigenvalue weighted by Gasteiger charge is 2.16. The Morgan fingerprint density at radius 1 is 0.317 bits per heavy atom. The van der Waals surface area contributed by atoms with Gasteiger partial charge >= 0.3 is 17.5 Å². The van der Waals surface area contributed by atoms with Crippen molar-refractivity contribution >= 4 is 133 Å². The molecule has 868 valence electrons. The number of unbranched alkanes of at least 4 members (excludes halogenated alkanes) is 55. The van der Waals surface area contributed by atoms with E-state index in [0.29, 0.717) is 44.8 Å². The average Bonchev–Trinajstić information content (AvgIpc) is 0.939. The van der Waals surface area contributed by atoms with Crippen LogP contribution in [0.5, 0.6) is 0 Å². The van der Waals surface area contributed by atoms with E-state index in [1.807, 2.05) is 40.3 Å². The van der Waals surface area contributed by atoms with Gasteiger partial charge in [-0.1, -0.05) is 476 Å². The highest BCUT2D eigenvalue weighted by molar-refractivity contribution is 8.76. The van der Waals surface area contributed by atoms with E-state index in [0.717, 1.165) is 127 Å². The second kappa shape index (κ2) is 155. The molecule has 25 heteroatoms. The second-order valence-electron chi connectivity index (χ2n) is 38.2. The molecule has 20 nitrogen and oxygen atoms in total. The molecule has 0 aromatic heterocycles. The third-order valence-corrected chi connectivity index (χ3v) is 26.4. The number of nitrogens with zero attached hydrogens (tertiary/aromatic N) is 1. The molecule has 0 saturated heterocycles. The molecule has 1 unspecified atom stereocenters. The summed E-state index contributed by atoms with van der Waals surface area (Å²) in [4.78, 5) is 121. The fraction of sp³-hybridized carbons (Fsp3) is 0.892. The molecule has 0 aliphatic rings. The van der Waals surface area contributed by atoms with Crippen LogP contribution < -0.4 is 16.0 Å². The number of ether oxygens (including phenoxy) is 5. The zero-order valence-electron chi connectivity index (χ0n) is 100. The van der Waals surface area contributed by atoms with Gasteiger partial charge in [0.05, 0.1) is 34.5 Å². The Morgan fingerprint density at radius 3 is 0.938 bits per heavy atom. The molecule has 5 amide bonds. The van der Waals surface area contributed by atoms with Crippen molar-refractivity contribution in [1.29, 1.82) is 0 Å². The van der Waals surface area contributed by atoms with Gasteiger partial charge in [0, 0.05) is 104 Å². The molecule has 0 aromatic carbocycles. The van der Waals surface area contributed by atoms with Crippen LogP contribution in [0, 0.1) is 5.92 Å². The fourth-order valence-electron chi connectivity index (χ4n) is 14.0. The van der Waals surface area contributed by atoms with Gasteiger partial charge in [0.2, 0.25) is 23.6 Å². The number of rotatable bonds is 84. The summed E-state index contributed by atoms with van der Waals surface area (Å²) in [5.41, 5.74) is 0. The highest BCUT2D eigenvalue weighted by Crippen LogP contribution is 2.21. The lowest BCUT2D eigenvalue weighted by Crippen LogP contribution is -2.34. The summed E-state index contributed by atoms with van der Waals surface area (Å²) in [5, 5.41) is 8.33. The van der Waals surface area contributed by atoms with E-state index in [1.54, 1.807) is 34.7 Å². The number of imide groups is 1. The third-order valence-electron chi connectivity index (χ3n) is 23.3. The molecular formula is C120H242N4O16S5. The number of thiocarbonyl (C=S) groups is 2. The SMILES string of the molecule is CCCCCCC(=O)C(C)=O.CCCCCCCC(=O)NC.CCCCCCCC(C)=O.CCCCCCCC(C)=S.CCCCCCCCC(CC(C)=O)C(C)=O.CCCCCCCCN(C(C)=O)C(C)=O.CCCCCCCCNC(=O)OC.CCCCCCCCNC(C)=O.CCCCCCCCOC(=O)OC.CCCCCCCCOC(=S)OC.CCCCCCCCSC.CCCCCCCCSSC. The minimum Gasteiger partial charge on any atom is -0.460 e. The molecule has 3 N–H and O–H groups in total. The molecule has 0 spiro atoms. The first-order valence-corrected chi connectivity index (χ1v) is 63.8. The van der Waals surface area contributed by atoms with Crippen molar-refractivity contribution in [2.75, 3.05) is 85.2 Å². The van der Waals surface area contributed by atoms with Crippen molar-refractivity contribution in [3.05, 3.63) is 0 Å². The van der Waals surface area contributed by atoms with Crippen molar-refractivity contribution in [2.24, 2.45) is 5.92 Å². The number of alkyl carbamates (subject to hydrolysis) is 1. The summed E-state index contributed by atoms with van der Waals surface area (Å²) >= 11 is 11.7. The van der Waals surface area contributed by atoms with E-state index >= 15 is 0 Å². The lowest BCUT2D eigenvalue weighted by molar-refractivity contribution is -0.142. The molecule has 0 heterocycles. The number of Topliss-reactive ketones (excluding diaryl/α,β-unsaturated/α-hetero) is 5. The number of ketones is 5. The summed E-state index contributed by atoms with van der Waals surface area (Å²) in [6.45, 7) is 42.5. The molecule has 0 rings (SSSR count). The zero-order chi connectivity index (χ0) is 112. The maximum atomic E-state index is 11.3. The number of carbonyl (C=O) groups excluding carboxylic acids is 11. The van der Waals surface area contributed by atoms with Crippen molar-refractivity contribution in [2.45, 2.75) is 607 Å². The smallest absolute Gasteiger partial charge is 0.460 e. The zero-order valence-corrected chi connectivity index (χ0v) is 104. The van der Waals surface area contributed by atoms with Gasteiger partial charge in [0.15, 0.2) is 11.6 Å². The van der Waals surface area contributed by atoms with Crippen LogP contribution in [0.1, 0.15) is 607 Å². The van der Waals surface area contributed by atoms with Gasteiger partial charge < -0.3 is 49.2 Å². The predicted octanol–water partition coefficient (Wildman–Crippen LogP) is 37.2. The number of carbonyl (C=O) groups is 11. The molecule has 0 aromatic rings. The van der Waals surface area contributed by atoms with Crippen molar-refractivity contribution < 1.29 is 76.4 Å². The lowest BCUT2D eigenvalue weighted by atomic mass is 9.92. The maximum absolute atomic E-state index is 11.3. The minimum absolute atomic E-state index is 0.0244. The first-order chi connectivity index (χ1) is 69.7. The van der Waals surface area contributed by atoms with Gasteiger partial charge in [-0.15, -0.1) is 0 Å². The molecule has 1 atom stereocenters. The van der Waals surface area contributed by atoms with E-state index in [1.165, 1.54) is 399 Å². The van der Waals surface area contributed by atoms with Gasteiger partial charge in [-0.25, -0.2) is 9.59 Å².